The van der Waals surface area contributed by atoms with Crippen LogP contribution in [0, 0.1) is 11.6 Å². The third kappa shape index (κ3) is 4.05. The van der Waals surface area contributed by atoms with Gasteiger partial charge in [0.25, 0.3) is 0 Å². The SMILES string of the molecule is CC1(O)CN(c2ncc(-c3cn4c5c(nc4cc3F)[C@H](O)C[C@@H]5c3cc(F)ccc3OC(F)F)cn2)C1. The third-order valence-corrected chi connectivity index (χ3v) is 6.74. The highest BCUT2D eigenvalue weighted by Gasteiger charge is 2.39. The van der Waals surface area contributed by atoms with E-state index in [1.165, 1.54) is 24.7 Å². The van der Waals surface area contributed by atoms with Crippen molar-refractivity contribution in [3.05, 3.63) is 71.4 Å². The van der Waals surface area contributed by atoms with Gasteiger partial charge in [-0.1, -0.05) is 0 Å². The number of fused-ring (bicyclic) bond motifs is 3. The number of pyridine rings is 1. The zero-order chi connectivity index (χ0) is 26.1. The van der Waals surface area contributed by atoms with Crippen LogP contribution >= 0.6 is 0 Å². The molecule has 2 N–H and O–H groups in total. The number of anilines is 1. The van der Waals surface area contributed by atoms with Crippen molar-refractivity contribution >= 4 is 11.6 Å². The van der Waals surface area contributed by atoms with E-state index in [4.69, 9.17) is 0 Å². The van der Waals surface area contributed by atoms with Crippen molar-refractivity contribution in [2.45, 2.75) is 37.6 Å². The molecule has 6 rings (SSSR count). The molecule has 192 valence electrons. The minimum atomic E-state index is -3.12. The van der Waals surface area contributed by atoms with Crippen LogP contribution in [0.15, 0.2) is 42.9 Å². The Bertz CT molecular complexity index is 1500. The Hall–Kier alpha value is -3.77. The fraction of sp³-hybridized carbons (Fsp3) is 0.320. The van der Waals surface area contributed by atoms with E-state index in [2.05, 4.69) is 19.7 Å². The van der Waals surface area contributed by atoms with Crippen molar-refractivity contribution in [3.63, 3.8) is 0 Å². The molecule has 0 bridgehead atoms. The first kappa shape index (κ1) is 23.6. The predicted molar refractivity (Wildman–Crippen MR) is 123 cm³/mol. The fourth-order valence-corrected chi connectivity index (χ4v) is 5.16. The average molecular weight is 515 g/mol. The molecule has 1 saturated heterocycles. The Kier molecular flexibility index (Phi) is 5.35. The molecule has 0 unspecified atom stereocenters. The van der Waals surface area contributed by atoms with Crippen LogP contribution in [-0.2, 0) is 0 Å². The standard InChI is InChI=1S/C25H21F4N5O3/c1-25(36)10-33(11-25)24-30-7-12(8-31-24)16-9-34-20(6-17(16)27)32-21-18(35)5-15(22(21)34)14-4-13(26)2-3-19(14)37-23(28)29/h2-4,6-9,15,18,23,35-36H,5,10-11H2,1H3/t15-,18-/m1/s1. The molecule has 4 aromatic rings. The van der Waals surface area contributed by atoms with Gasteiger partial charge in [0.1, 0.15) is 23.0 Å². The minimum Gasteiger partial charge on any atom is -0.435 e. The highest BCUT2D eigenvalue weighted by atomic mass is 19.3. The highest BCUT2D eigenvalue weighted by Crippen LogP contribution is 2.47. The summed E-state index contributed by atoms with van der Waals surface area (Å²) in [6.45, 7) is -0.643. The van der Waals surface area contributed by atoms with Crippen molar-refractivity contribution in [1.82, 2.24) is 19.4 Å². The number of aromatic nitrogens is 4. The van der Waals surface area contributed by atoms with Gasteiger partial charge in [-0.15, -0.1) is 0 Å². The zero-order valence-electron chi connectivity index (χ0n) is 19.4. The predicted octanol–water partition coefficient (Wildman–Crippen LogP) is 3.81. The lowest BCUT2D eigenvalue weighted by atomic mass is 9.95. The summed E-state index contributed by atoms with van der Waals surface area (Å²) in [5.41, 5.74) is 0.731. The van der Waals surface area contributed by atoms with Crippen LogP contribution in [0.25, 0.3) is 16.8 Å². The summed E-state index contributed by atoms with van der Waals surface area (Å²) in [5, 5.41) is 20.6. The molecular formula is C25H21F4N5O3. The van der Waals surface area contributed by atoms with Crippen molar-refractivity contribution in [3.8, 4) is 16.9 Å². The lowest BCUT2D eigenvalue weighted by Crippen LogP contribution is -2.60. The molecule has 2 atom stereocenters. The Balaban J connectivity index is 1.42. The van der Waals surface area contributed by atoms with E-state index in [-0.39, 0.29) is 34.6 Å². The summed E-state index contributed by atoms with van der Waals surface area (Å²) in [6.07, 6.45) is 3.40. The molecule has 1 aromatic carbocycles. The van der Waals surface area contributed by atoms with E-state index in [9.17, 15) is 23.4 Å². The Morgan fingerprint density at radius 2 is 1.86 bits per heavy atom. The van der Waals surface area contributed by atoms with Gasteiger partial charge in [0, 0.05) is 47.3 Å². The van der Waals surface area contributed by atoms with Gasteiger partial charge in [-0.2, -0.15) is 8.78 Å². The van der Waals surface area contributed by atoms with Crippen LogP contribution in [0.3, 0.4) is 0 Å². The van der Waals surface area contributed by atoms with Crippen molar-refractivity contribution in [1.29, 1.82) is 0 Å². The number of hydrogen-bond acceptors (Lipinski definition) is 7. The second-order valence-electron chi connectivity index (χ2n) is 9.64. The van der Waals surface area contributed by atoms with Crippen LogP contribution in [0.2, 0.25) is 0 Å². The molecule has 0 saturated carbocycles. The minimum absolute atomic E-state index is 0.0633. The summed E-state index contributed by atoms with van der Waals surface area (Å²) < 4.78 is 61.5. The van der Waals surface area contributed by atoms with Gasteiger partial charge in [0.2, 0.25) is 5.95 Å². The normalized spacial score (nSPS) is 20.4. The Morgan fingerprint density at radius 3 is 2.54 bits per heavy atom. The van der Waals surface area contributed by atoms with Crippen LogP contribution in [0.1, 0.15) is 42.3 Å². The van der Waals surface area contributed by atoms with E-state index in [0.717, 1.165) is 18.2 Å². The zero-order valence-corrected chi connectivity index (χ0v) is 19.4. The lowest BCUT2D eigenvalue weighted by Gasteiger charge is -2.44. The number of rotatable bonds is 5. The van der Waals surface area contributed by atoms with Crippen LogP contribution in [-0.4, -0.2) is 54.9 Å². The summed E-state index contributed by atoms with van der Waals surface area (Å²) >= 11 is 0. The molecule has 0 spiro atoms. The first-order chi connectivity index (χ1) is 17.6. The molecule has 0 radical (unpaired) electrons. The summed E-state index contributed by atoms with van der Waals surface area (Å²) in [7, 11) is 0. The Labute approximate surface area is 207 Å². The topological polar surface area (TPSA) is 96.0 Å². The maximum atomic E-state index is 15.1. The van der Waals surface area contributed by atoms with Gasteiger partial charge >= 0.3 is 6.61 Å². The molecule has 0 amide bonds. The molecule has 4 heterocycles. The second kappa shape index (κ2) is 8.38. The number of benzene rings is 1. The smallest absolute Gasteiger partial charge is 0.387 e. The number of β-amino-alcohol motifs (C(OH)–C–C–N with tert-alkyl or cyclic N) is 1. The van der Waals surface area contributed by atoms with E-state index < -0.39 is 35.9 Å². The highest BCUT2D eigenvalue weighted by molar-refractivity contribution is 5.66. The number of alkyl halides is 2. The van der Waals surface area contributed by atoms with Crippen LogP contribution < -0.4 is 9.64 Å². The quantitative estimate of drug-likeness (QED) is 0.391. The van der Waals surface area contributed by atoms with Gasteiger partial charge in [-0.25, -0.2) is 23.7 Å². The molecule has 1 fully saturated rings. The van der Waals surface area contributed by atoms with E-state index in [1.807, 2.05) is 0 Å². The monoisotopic (exact) mass is 515 g/mol. The second-order valence-corrected chi connectivity index (χ2v) is 9.64. The molecule has 1 aliphatic heterocycles. The van der Waals surface area contributed by atoms with Crippen LogP contribution in [0.5, 0.6) is 5.75 Å². The first-order valence-electron chi connectivity index (χ1n) is 11.5. The molecule has 37 heavy (non-hydrogen) atoms. The summed E-state index contributed by atoms with van der Waals surface area (Å²) in [6, 6.07) is 4.42. The largest absolute Gasteiger partial charge is 0.435 e. The van der Waals surface area contributed by atoms with Crippen LogP contribution in [0.4, 0.5) is 23.5 Å². The van der Waals surface area contributed by atoms with Crippen molar-refractivity contribution in [2.24, 2.45) is 0 Å². The van der Waals surface area contributed by atoms with E-state index in [1.54, 1.807) is 16.2 Å². The van der Waals surface area contributed by atoms with E-state index >= 15 is 4.39 Å². The first-order valence-corrected chi connectivity index (χ1v) is 11.5. The van der Waals surface area contributed by atoms with Gasteiger partial charge in [-0.3, -0.25) is 0 Å². The van der Waals surface area contributed by atoms with Crippen molar-refractivity contribution < 1.29 is 32.5 Å². The number of hydrogen-bond donors (Lipinski definition) is 2. The number of halogens is 4. The lowest BCUT2D eigenvalue weighted by molar-refractivity contribution is -0.0506. The number of imidazole rings is 1. The maximum Gasteiger partial charge on any atom is 0.387 e. The Morgan fingerprint density at radius 1 is 1.14 bits per heavy atom. The van der Waals surface area contributed by atoms with Gasteiger partial charge < -0.3 is 24.3 Å². The third-order valence-electron chi connectivity index (χ3n) is 6.74. The van der Waals surface area contributed by atoms with Gasteiger partial charge in [-0.05, 0) is 31.5 Å². The number of nitrogens with zero attached hydrogens (tertiary/aromatic N) is 5. The molecule has 2 aliphatic rings. The molecule has 1 aliphatic carbocycles. The molecule has 3 aromatic heterocycles. The summed E-state index contributed by atoms with van der Waals surface area (Å²) in [4.78, 5) is 14.7. The molecule has 12 heteroatoms. The average Bonchev–Trinajstić information content (AvgIpc) is 3.34. The van der Waals surface area contributed by atoms with Crippen molar-refractivity contribution in [2.75, 3.05) is 18.0 Å². The number of aliphatic hydroxyl groups excluding tert-OH is 1. The fourth-order valence-electron chi connectivity index (χ4n) is 5.16. The van der Waals surface area contributed by atoms with E-state index in [0.29, 0.717) is 30.3 Å². The number of ether oxygens (including phenoxy) is 1. The number of aliphatic hydroxyl groups is 2. The molecular weight excluding hydrogens is 494 g/mol. The molecule has 8 nitrogen and oxygen atoms in total. The summed E-state index contributed by atoms with van der Waals surface area (Å²) in [5.74, 6) is -1.80. The van der Waals surface area contributed by atoms with Gasteiger partial charge in [0.15, 0.2) is 0 Å². The maximum absolute atomic E-state index is 15.1. The van der Waals surface area contributed by atoms with Gasteiger partial charge in [0.05, 0.1) is 36.2 Å².